The van der Waals surface area contributed by atoms with Crippen molar-refractivity contribution in [2.45, 2.75) is 19.0 Å². The molecule has 2 aromatic rings. The van der Waals surface area contributed by atoms with Crippen LogP contribution < -0.4 is 21.4 Å². The first-order valence-electron chi connectivity index (χ1n) is 8.73. The van der Waals surface area contributed by atoms with Gasteiger partial charge in [-0.2, -0.15) is 5.10 Å². The van der Waals surface area contributed by atoms with Gasteiger partial charge in [0.25, 0.3) is 0 Å². The SMILES string of the molecule is NC(=S)N/N=C/c1cc(F)c(N2CC[C@H](NCc3ccccc3F)C2)cc1F. The minimum absolute atomic E-state index is 0.0153. The minimum Gasteiger partial charge on any atom is -0.375 e. The highest BCUT2D eigenvalue weighted by Crippen LogP contribution is 2.26. The summed E-state index contributed by atoms with van der Waals surface area (Å²) >= 11 is 4.59. The van der Waals surface area contributed by atoms with Crippen molar-refractivity contribution in [3.8, 4) is 0 Å². The zero-order valence-corrected chi connectivity index (χ0v) is 15.8. The van der Waals surface area contributed by atoms with Crippen LogP contribution in [0.25, 0.3) is 0 Å². The fourth-order valence-corrected chi connectivity index (χ4v) is 3.15. The van der Waals surface area contributed by atoms with Crippen LogP contribution in [0, 0.1) is 17.5 Å². The van der Waals surface area contributed by atoms with Gasteiger partial charge in [-0.25, -0.2) is 13.2 Å². The number of nitrogens with zero attached hydrogens (tertiary/aromatic N) is 2. The third-order valence-corrected chi connectivity index (χ3v) is 4.60. The van der Waals surface area contributed by atoms with E-state index in [1.807, 2.05) is 0 Å². The van der Waals surface area contributed by atoms with Gasteiger partial charge >= 0.3 is 0 Å². The van der Waals surface area contributed by atoms with Gasteiger partial charge in [-0.3, -0.25) is 5.43 Å². The molecule has 0 saturated carbocycles. The normalized spacial score (nSPS) is 16.7. The van der Waals surface area contributed by atoms with Crippen LogP contribution in [0.2, 0.25) is 0 Å². The molecule has 1 heterocycles. The zero-order valence-electron chi connectivity index (χ0n) is 15.0. The van der Waals surface area contributed by atoms with Crippen molar-refractivity contribution in [3.63, 3.8) is 0 Å². The molecule has 1 aliphatic heterocycles. The lowest BCUT2D eigenvalue weighted by molar-refractivity contribution is 0.529. The topological polar surface area (TPSA) is 65.7 Å². The number of halogens is 3. The van der Waals surface area contributed by atoms with Crippen molar-refractivity contribution >= 4 is 29.2 Å². The monoisotopic (exact) mass is 407 g/mol. The number of thiocarbonyl (C=S) groups is 1. The van der Waals surface area contributed by atoms with E-state index in [0.717, 1.165) is 24.8 Å². The highest BCUT2D eigenvalue weighted by molar-refractivity contribution is 7.80. The lowest BCUT2D eigenvalue weighted by Gasteiger charge is -2.20. The van der Waals surface area contributed by atoms with E-state index in [2.05, 4.69) is 28.1 Å². The zero-order chi connectivity index (χ0) is 20.1. The van der Waals surface area contributed by atoms with E-state index in [1.165, 1.54) is 6.07 Å². The Balaban J connectivity index is 1.63. The van der Waals surface area contributed by atoms with Gasteiger partial charge in [-0.05, 0) is 30.8 Å². The molecule has 2 aromatic carbocycles. The first kappa shape index (κ1) is 20.1. The molecule has 0 unspecified atom stereocenters. The van der Waals surface area contributed by atoms with E-state index in [0.29, 0.717) is 25.2 Å². The Labute approximate surface area is 166 Å². The Morgan fingerprint density at radius 1 is 1.21 bits per heavy atom. The van der Waals surface area contributed by atoms with Gasteiger partial charge in [0.1, 0.15) is 17.5 Å². The first-order valence-corrected chi connectivity index (χ1v) is 9.14. The Hall–Kier alpha value is -2.65. The molecule has 1 atom stereocenters. The number of hydrogen-bond acceptors (Lipinski definition) is 4. The summed E-state index contributed by atoms with van der Waals surface area (Å²) in [5, 5.41) is 6.84. The number of nitrogens with two attached hydrogens (primary N) is 1. The summed E-state index contributed by atoms with van der Waals surface area (Å²) in [6.07, 6.45) is 1.86. The third-order valence-electron chi connectivity index (χ3n) is 4.51. The average Bonchev–Trinajstić information content (AvgIpc) is 3.12. The highest BCUT2D eigenvalue weighted by Gasteiger charge is 2.25. The number of nitrogens with one attached hydrogen (secondary N) is 2. The van der Waals surface area contributed by atoms with Gasteiger partial charge in [0.05, 0.1) is 11.9 Å². The molecule has 3 rings (SSSR count). The predicted octanol–water partition coefficient (Wildman–Crippen LogP) is 2.64. The Kier molecular flexibility index (Phi) is 6.48. The largest absolute Gasteiger partial charge is 0.375 e. The Bertz CT molecular complexity index is 890. The molecule has 0 amide bonds. The summed E-state index contributed by atoms with van der Waals surface area (Å²) in [6.45, 7) is 1.45. The van der Waals surface area contributed by atoms with Gasteiger partial charge in [0.2, 0.25) is 0 Å². The number of rotatable bonds is 6. The summed E-state index contributed by atoms with van der Waals surface area (Å²) in [5.74, 6) is -1.42. The fourth-order valence-electron chi connectivity index (χ4n) is 3.10. The van der Waals surface area contributed by atoms with Crippen molar-refractivity contribution < 1.29 is 13.2 Å². The lowest BCUT2D eigenvalue weighted by Crippen LogP contribution is -2.32. The van der Waals surface area contributed by atoms with E-state index in [1.54, 1.807) is 23.1 Å². The third kappa shape index (κ3) is 4.99. The maximum atomic E-state index is 14.5. The van der Waals surface area contributed by atoms with Crippen LogP contribution in [0.1, 0.15) is 17.5 Å². The van der Waals surface area contributed by atoms with Crippen LogP contribution in [0.15, 0.2) is 41.5 Å². The summed E-state index contributed by atoms with van der Waals surface area (Å²) in [4.78, 5) is 1.77. The van der Waals surface area contributed by atoms with Crippen LogP contribution in [0.3, 0.4) is 0 Å². The van der Waals surface area contributed by atoms with Crippen molar-refractivity contribution in [1.82, 2.24) is 10.7 Å². The number of anilines is 1. The van der Waals surface area contributed by atoms with Crippen molar-refractivity contribution in [2.75, 3.05) is 18.0 Å². The molecule has 0 radical (unpaired) electrons. The molecule has 5 nitrogen and oxygen atoms in total. The molecule has 1 saturated heterocycles. The van der Waals surface area contributed by atoms with Gasteiger partial charge < -0.3 is 16.0 Å². The summed E-state index contributed by atoms with van der Waals surface area (Å²) in [6, 6.07) is 8.83. The first-order chi connectivity index (χ1) is 13.4. The second-order valence-corrected chi connectivity index (χ2v) is 6.90. The lowest BCUT2D eigenvalue weighted by atomic mass is 10.2. The van der Waals surface area contributed by atoms with Crippen LogP contribution in [-0.2, 0) is 6.54 Å². The number of hydrogen-bond donors (Lipinski definition) is 3. The molecule has 148 valence electrons. The molecule has 0 aromatic heterocycles. The minimum atomic E-state index is -0.604. The van der Waals surface area contributed by atoms with Gasteiger partial charge in [-0.15, -0.1) is 0 Å². The van der Waals surface area contributed by atoms with E-state index >= 15 is 0 Å². The Morgan fingerprint density at radius 3 is 2.75 bits per heavy atom. The van der Waals surface area contributed by atoms with E-state index in [9.17, 15) is 13.2 Å². The second-order valence-electron chi connectivity index (χ2n) is 6.46. The van der Waals surface area contributed by atoms with Crippen molar-refractivity contribution in [2.24, 2.45) is 10.8 Å². The van der Waals surface area contributed by atoms with Crippen LogP contribution in [-0.4, -0.2) is 30.5 Å². The maximum Gasteiger partial charge on any atom is 0.184 e. The number of hydrazone groups is 1. The van der Waals surface area contributed by atoms with Gasteiger partial charge in [0, 0.05) is 42.9 Å². The van der Waals surface area contributed by atoms with Gasteiger partial charge in [-0.1, -0.05) is 18.2 Å². The smallest absolute Gasteiger partial charge is 0.184 e. The van der Waals surface area contributed by atoms with Crippen molar-refractivity contribution in [3.05, 3.63) is 65.0 Å². The van der Waals surface area contributed by atoms with Crippen LogP contribution >= 0.6 is 12.2 Å². The number of benzene rings is 2. The molecular formula is C19H20F3N5S. The van der Waals surface area contributed by atoms with Gasteiger partial charge in [0.15, 0.2) is 5.11 Å². The molecule has 28 heavy (non-hydrogen) atoms. The molecule has 1 aliphatic rings. The molecule has 0 aliphatic carbocycles. The van der Waals surface area contributed by atoms with E-state index in [-0.39, 0.29) is 28.2 Å². The predicted molar refractivity (Wildman–Crippen MR) is 108 cm³/mol. The second kappa shape index (κ2) is 9.03. The summed E-state index contributed by atoms with van der Waals surface area (Å²) in [5.41, 5.74) is 8.26. The standard InChI is InChI=1S/C19H20F3N5S/c20-15-4-2-1-3-12(15)9-24-14-5-6-27(11-14)18-8-16(21)13(7-17(18)22)10-25-26-19(23)28/h1-4,7-8,10,14,24H,5-6,9,11H2,(H3,23,26,28)/b25-10+/t14-/m0/s1. The van der Waals surface area contributed by atoms with Crippen molar-refractivity contribution in [1.29, 1.82) is 0 Å². The maximum absolute atomic E-state index is 14.5. The molecule has 1 fully saturated rings. The molecule has 0 bridgehead atoms. The molecule has 4 N–H and O–H groups in total. The Morgan fingerprint density at radius 2 is 2.00 bits per heavy atom. The van der Waals surface area contributed by atoms with Crippen LogP contribution in [0.4, 0.5) is 18.9 Å². The summed E-state index contributed by atoms with van der Waals surface area (Å²) in [7, 11) is 0. The average molecular weight is 407 g/mol. The summed E-state index contributed by atoms with van der Waals surface area (Å²) < 4.78 is 42.5. The highest BCUT2D eigenvalue weighted by atomic mass is 32.1. The molecular weight excluding hydrogens is 387 g/mol. The molecule has 0 spiro atoms. The van der Waals surface area contributed by atoms with E-state index in [4.69, 9.17) is 5.73 Å². The van der Waals surface area contributed by atoms with E-state index < -0.39 is 11.6 Å². The quantitative estimate of drug-likeness (QED) is 0.390. The van der Waals surface area contributed by atoms with Crippen LogP contribution in [0.5, 0.6) is 0 Å². The molecule has 9 heteroatoms. The fraction of sp³-hybridized carbons (Fsp3) is 0.263.